The number of carbonyl (C=O) groups excluding carboxylic acids is 1. The second kappa shape index (κ2) is 6.14. The van der Waals surface area contributed by atoms with Crippen molar-refractivity contribution in [1.82, 2.24) is 20.5 Å². The molecule has 0 saturated heterocycles. The molecule has 0 unspecified atom stereocenters. The molecule has 2 aromatic heterocycles. The molecule has 1 amide bonds. The summed E-state index contributed by atoms with van der Waals surface area (Å²) in [6, 6.07) is 1.88. The molecule has 2 heterocycles. The number of aromatic nitrogens is 3. The molecule has 2 aromatic rings. The van der Waals surface area contributed by atoms with Crippen molar-refractivity contribution in [3.05, 3.63) is 22.4 Å². The topological polar surface area (TPSA) is 79.9 Å². The number of carbonyl (C=O) groups is 1. The van der Waals surface area contributed by atoms with E-state index in [1.807, 2.05) is 26.8 Å². The van der Waals surface area contributed by atoms with Gasteiger partial charge in [-0.15, -0.1) is 0 Å². The Hall–Kier alpha value is -2.07. The number of hydrogen-bond donors (Lipinski definition) is 2. The van der Waals surface area contributed by atoms with Crippen molar-refractivity contribution in [2.24, 2.45) is 0 Å². The molecule has 0 atom stereocenters. The van der Waals surface area contributed by atoms with Crippen molar-refractivity contribution in [1.29, 1.82) is 0 Å². The quantitative estimate of drug-likeness (QED) is 0.774. The van der Waals surface area contributed by atoms with Crippen LogP contribution in [-0.4, -0.2) is 33.4 Å². The third-order valence-corrected chi connectivity index (χ3v) is 2.78. The molecular weight excluding hydrogens is 336 g/mol. The van der Waals surface area contributed by atoms with E-state index in [-0.39, 0.29) is 12.1 Å². The number of fused-ring (bicyclic) bond motifs is 1. The van der Waals surface area contributed by atoms with Gasteiger partial charge in [0, 0.05) is 16.2 Å². The number of halogens is 1. The van der Waals surface area contributed by atoms with Crippen LogP contribution in [-0.2, 0) is 4.74 Å². The van der Waals surface area contributed by atoms with Crippen molar-refractivity contribution in [2.75, 3.05) is 6.61 Å². The summed E-state index contributed by atoms with van der Waals surface area (Å²) < 4.78 is 5.82. The van der Waals surface area contributed by atoms with E-state index in [1.165, 1.54) is 0 Å². The molecule has 0 aromatic carbocycles. The summed E-state index contributed by atoms with van der Waals surface area (Å²) in [6.07, 6.45) is 1.18. The van der Waals surface area contributed by atoms with E-state index >= 15 is 0 Å². The highest BCUT2D eigenvalue weighted by Gasteiger charge is 2.13. The van der Waals surface area contributed by atoms with Gasteiger partial charge in [-0.3, -0.25) is 5.10 Å². The van der Waals surface area contributed by atoms with Gasteiger partial charge in [0.05, 0.1) is 5.39 Å². The van der Waals surface area contributed by atoms with Gasteiger partial charge in [-0.1, -0.05) is 5.92 Å². The van der Waals surface area contributed by atoms with Gasteiger partial charge in [-0.2, -0.15) is 5.10 Å². The Bertz CT molecular complexity index is 722. The van der Waals surface area contributed by atoms with Gasteiger partial charge in [0.25, 0.3) is 0 Å². The first kappa shape index (κ1) is 15.3. The second-order valence-corrected chi connectivity index (χ2v) is 6.29. The summed E-state index contributed by atoms with van der Waals surface area (Å²) in [5.74, 6) is 5.65. The third kappa shape index (κ3) is 4.46. The zero-order chi connectivity index (χ0) is 15.5. The minimum atomic E-state index is -0.490. The maximum absolute atomic E-state index is 11.4. The molecule has 0 aliphatic heterocycles. The Morgan fingerprint density at radius 1 is 1.52 bits per heavy atom. The average molecular weight is 351 g/mol. The van der Waals surface area contributed by atoms with E-state index in [1.54, 1.807) is 6.20 Å². The lowest BCUT2D eigenvalue weighted by Gasteiger charge is -2.19. The van der Waals surface area contributed by atoms with Crippen molar-refractivity contribution < 1.29 is 9.53 Å². The van der Waals surface area contributed by atoms with Gasteiger partial charge in [-0.05, 0) is 48.7 Å². The smallest absolute Gasteiger partial charge is 0.408 e. The minimum Gasteiger partial charge on any atom is -0.436 e. The summed E-state index contributed by atoms with van der Waals surface area (Å²) in [6.45, 7) is 5.63. The number of rotatable bonds is 1. The van der Waals surface area contributed by atoms with Crippen LogP contribution in [0.1, 0.15) is 26.5 Å². The van der Waals surface area contributed by atoms with Gasteiger partial charge in [0.1, 0.15) is 5.69 Å². The van der Waals surface area contributed by atoms with Crippen molar-refractivity contribution >= 4 is 33.1 Å². The summed E-state index contributed by atoms with van der Waals surface area (Å²) in [5.41, 5.74) is 0.898. The Kier molecular flexibility index (Phi) is 4.48. The maximum atomic E-state index is 11.4. The lowest BCUT2D eigenvalue weighted by Crippen LogP contribution is -2.40. The monoisotopic (exact) mass is 350 g/mol. The lowest BCUT2D eigenvalue weighted by atomic mass is 10.1. The molecule has 0 fully saturated rings. The maximum Gasteiger partial charge on any atom is 0.408 e. The molecular formula is C14H15BrN4O2. The highest BCUT2D eigenvalue weighted by Crippen LogP contribution is 2.17. The standard InChI is InChI=1S/C14H15BrN4O2/c1-14(2,3)17-13(20)21-6-4-5-11-10-7-9(15)8-16-12(10)19-18-11/h7-8H,6H2,1-3H3,(H,17,20)(H,16,18,19). The van der Waals surface area contributed by atoms with Crippen LogP contribution in [0.4, 0.5) is 4.79 Å². The van der Waals surface area contributed by atoms with Crippen LogP contribution in [0.3, 0.4) is 0 Å². The van der Waals surface area contributed by atoms with Crippen LogP contribution < -0.4 is 5.32 Å². The average Bonchev–Trinajstić information content (AvgIpc) is 2.75. The highest BCUT2D eigenvalue weighted by atomic mass is 79.9. The SMILES string of the molecule is CC(C)(C)NC(=O)OCC#Cc1[nH]nc2ncc(Br)cc12. The fourth-order valence-electron chi connectivity index (χ4n) is 1.54. The molecule has 0 spiro atoms. The van der Waals surface area contributed by atoms with Crippen LogP contribution in [0.15, 0.2) is 16.7 Å². The molecule has 2 N–H and O–H groups in total. The first-order valence-electron chi connectivity index (χ1n) is 6.28. The molecule has 7 heteroatoms. The van der Waals surface area contributed by atoms with Crippen LogP contribution in [0.25, 0.3) is 11.0 Å². The zero-order valence-electron chi connectivity index (χ0n) is 12.0. The molecule has 2 rings (SSSR count). The Balaban J connectivity index is 1.99. The Labute approximate surface area is 130 Å². The molecule has 0 aliphatic carbocycles. The number of aromatic amines is 1. The molecule has 0 radical (unpaired) electrons. The molecule has 21 heavy (non-hydrogen) atoms. The van der Waals surface area contributed by atoms with Gasteiger partial charge >= 0.3 is 6.09 Å². The third-order valence-electron chi connectivity index (χ3n) is 2.34. The van der Waals surface area contributed by atoms with Gasteiger partial charge < -0.3 is 10.1 Å². The first-order chi connectivity index (χ1) is 9.85. The summed E-state index contributed by atoms with van der Waals surface area (Å²) in [7, 11) is 0. The fraction of sp³-hybridized carbons (Fsp3) is 0.357. The number of H-pyrrole nitrogens is 1. The van der Waals surface area contributed by atoms with Crippen LogP contribution in [0, 0.1) is 11.8 Å². The lowest BCUT2D eigenvalue weighted by molar-refractivity contribution is 0.151. The number of nitrogens with zero attached hydrogens (tertiary/aromatic N) is 2. The predicted octanol–water partition coefficient (Wildman–Crippen LogP) is 2.60. The zero-order valence-corrected chi connectivity index (χ0v) is 13.5. The van der Waals surface area contributed by atoms with Crippen molar-refractivity contribution in [3.8, 4) is 11.8 Å². The first-order valence-corrected chi connectivity index (χ1v) is 7.08. The number of alkyl carbamates (subject to hydrolysis) is 1. The Morgan fingerprint density at radius 2 is 2.29 bits per heavy atom. The van der Waals surface area contributed by atoms with E-state index in [9.17, 15) is 4.79 Å². The van der Waals surface area contributed by atoms with Gasteiger partial charge in [0.2, 0.25) is 0 Å². The second-order valence-electron chi connectivity index (χ2n) is 5.38. The van der Waals surface area contributed by atoms with Crippen molar-refractivity contribution in [2.45, 2.75) is 26.3 Å². The van der Waals surface area contributed by atoms with E-state index < -0.39 is 6.09 Å². The highest BCUT2D eigenvalue weighted by molar-refractivity contribution is 9.10. The van der Waals surface area contributed by atoms with Gasteiger partial charge in [-0.25, -0.2) is 9.78 Å². The number of amides is 1. The Morgan fingerprint density at radius 3 is 3.00 bits per heavy atom. The van der Waals surface area contributed by atoms with Crippen LogP contribution >= 0.6 is 15.9 Å². The van der Waals surface area contributed by atoms with E-state index in [2.05, 4.69) is 48.3 Å². The molecule has 6 nitrogen and oxygen atoms in total. The molecule has 0 bridgehead atoms. The molecule has 0 saturated carbocycles. The van der Waals surface area contributed by atoms with E-state index in [0.717, 1.165) is 9.86 Å². The van der Waals surface area contributed by atoms with Crippen molar-refractivity contribution in [3.63, 3.8) is 0 Å². The number of nitrogens with one attached hydrogen (secondary N) is 2. The summed E-state index contributed by atoms with van der Waals surface area (Å²) in [5, 5.41) is 10.3. The largest absolute Gasteiger partial charge is 0.436 e. The summed E-state index contributed by atoms with van der Waals surface area (Å²) >= 11 is 3.35. The fourth-order valence-corrected chi connectivity index (χ4v) is 1.87. The number of pyridine rings is 1. The number of ether oxygens (including phenoxy) is 1. The van der Waals surface area contributed by atoms with Crippen LogP contribution in [0.5, 0.6) is 0 Å². The predicted molar refractivity (Wildman–Crippen MR) is 82.7 cm³/mol. The minimum absolute atomic E-state index is 0.00383. The van der Waals surface area contributed by atoms with Gasteiger partial charge in [0.15, 0.2) is 12.3 Å². The normalized spacial score (nSPS) is 10.9. The van der Waals surface area contributed by atoms with E-state index in [4.69, 9.17) is 4.74 Å². The molecule has 110 valence electrons. The van der Waals surface area contributed by atoms with E-state index in [0.29, 0.717) is 11.3 Å². The summed E-state index contributed by atoms with van der Waals surface area (Å²) in [4.78, 5) is 15.6. The van der Waals surface area contributed by atoms with Crippen LogP contribution in [0.2, 0.25) is 0 Å². The number of hydrogen-bond acceptors (Lipinski definition) is 4. The molecule has 0 aliphatic rings.